The van der Waals surface area contributed by atoms with Crippen LogP contribution in [0.15, 0.2) is 36.5 Å². The van der Waals surface area contributed by atoms with Crippen molar-refractivity contribution in [3.05, 3.63) is 70.9 Å². The fourth-order valence-electron chi connectivity index (χ4n) is 7.65. The van der Waals surface area contributed by atoms with Gasteiger partial charge in [-0.1, -0.05) is 13.0 Å². The molecule has 2 aromatic heterocycles. The zero-order chi connectivity index (χ0) is 27.3. The monoisotopic (exact) mass is 531 g/mol. The van der Waals surface area contributed by atoms with E-state index in [4.69, 9.17) is 9.72 Å². The third-order valence-electron chi connectivity index (χ3n) is 9.49. The number of piperidine rings is 1. The minimum atomic E-state index is -0.644. The average molecular weight is 532 g/mol. The number of aromatic nitrogens is 4. The molecule has 0 radical (unpaired) electrons. The lowest BCUT2D eigenvalue weighted by atomic mass is 9.57. The number of hydrogen-bond donors (Lipinski definition) is 0. The van der Waals surface area contributed by atoms with E-state index in [0.717, 1.165) is 42.0 Å². The van der Waals surface area contributed by atoms with E-state index >= 15 is 0 Å². The molecule has 1 amide bonds. The van der Waals surface area contributed by atoms with Crippen molar-refractivity contribution in [1.82, 2.24) is 25.1 Å². The smallest absolute Gasteiger partial charge is 0.410 e. The lowest BCUT2D eigenvalue weighted by Crippen LogP contribution is -2.47. The molecule has 39 heavy (non-hydrogen) atoms. The van der Waals surface area contributed by atoms with Crippen molar-refractivity contribution < 1.29 is 18.3 Å². The Morgan fingerprint density at radius 3 is 2.67 bits per heavy atom. The molecule has 0 N–H and O–H groups in total. The van der Waals surface area contributed by atoms with Crippen molar-refractivity contribution in [3.63, 3.8) is 0 Å². The number of fused-ring (bicyclic) bond motifs is 4. The number of hydrogen-bond acceptors (Lipinski definition) is 6. The number of carbonyl (C=O) groups is 1. The Morgan fingerprint density at radius 1 is 1.15 bits per heavy atom. The van der Waals surface area contributed by atoms with Gasteiger partial charge < -0.3 is 9.64 Å². The molecular weight excluding hydrogens is 500 g/mol. The maximum Gasteiger partial charge on any atom is 0.410 e. The molecule has 7 rings (SSSR count). The Hall–Kier alpha value is -3.49. The Bertz CT molecular complexity index is 1500. The number of halogens is 2. The molecule has 1 aliphatic heterocycles. The molecule has 3 unspecified atom stereocenters. The second-order valence-electron chi connectivity index (χ2n) is 12.7. The highest BCUT2D eigenvalue weighted by Gasteiger charge is 2.87. The Labute approximate surface area is 226 Å². The summed E-state index contributed by atoms with van der Waals surface area (Å²) in [5, 5.41) is 8.92. The van der Waals surface area contributed by atoms with Crippen LogP contribution in [0, 0.1) is 23.0 Å². The third kappa shape index (κ3) is 3.34. The molecule has 1 aromatic carbocycles. The maximum absolute atomic E-state index is 14.5. The molecule has 4 aliphatic rings. The molecule has 202 valence electrons. The zero-order valence-electron chi connectivity index (χ0n) is 22.5. The topological polar surface area (TPSA) is 81.1 Å². The molecule has 7 nitrogen and oxygen atoms in total. The number of rotatable bonds is 3. The van der Waals surface area contributed by atoms with Gasteiger partial charge in [0.15, 0.2) is 0 Å². The second-order valence-corrected chi connectivity index (χ2v) is 12.7. The van der Waals surface area contributed by atoms with Crippen LogP contribution in [-0.2, 0) is 10.2 Å². The largest absolute Gasteiger partial charge is 0.444 e. The number of benzene rings is 1. The van der Waals surface area contributed by atoms with Gasteiger partial charge in [-0.05, 0) is 87.1 Å². The van der Waals surface area contributed by atoms with Crippen molar-refractivity contribution in [2.75, 3.05) is 13.1 Å². The normalized spacial score (nSPS) is 30.3. The molecular formula is C30H31F2N5O2. The van der Waals surface area contributed by atoms with E-state index in [1.807, 2.05) is 32.9 Å². The standard InChI is InChI=1S/C30H31F2N5O2/c1-28(2,3)39-27(38)37-12-6-7-16(15-37)26-33-11-10-22(34-26)30-14-18-24(29(18,30)4)17-13-21(35-36-25(17)30)23-19(31)8-5-9-20(23)32/h5,8-11,13,16,18,24H,6-7,12,14-15H2,1-4H3/t16?,18?,24-,29?,30+/m1/s1. The van der Waals surface area contributed by atoms with Crippen molar-refractivity contribution in [1.29, 1.82) is 0 Å². The molecule has 3 fully saturated rings. The first-order valence-electron chi connectivity index (χ1n) is 13.7. The Balaban J connectivity index is 1.22. The number of amides is 1. The summed E-state index contributed by atoms with van der Waals surface area (Å²) < 4.78 is 34.6. The van der Waals surface area contributed by atoms with Gasteiger partial charge >= 0.3 is 6.09 Å². The third-order valence-corrected chi connectivity index (χ3v) is 9.49. The summed E-state index contributed by atoms with van der Waals surface area (Å²) in [6, 6.07) is 7.63. The molecule has 9 heteroatoms. The van der Waals surface area contributed by atoms with Crippen molar-refractivity contribution >= 4 is 6.09 Å². The number of likely N-dealkylation sites (tertiary alicyclic amines) is 1. The predicted octanol–water partition coefficient (Wildman–Crippen LogP) is 5.75. The van der Waals surface area contributed by atoms with Gasteiger partial charge in [-0.3, -0.25) is 0 Å². The summed E-state index contributed by atoms with van der Waals surface area (Å²) in [5.41, 5.74) is 1.90. The Kier molecular flexibility index (Phi) is 5.05. The van der Waals surface area contributed by atoms with Gasteiger partial charge in [0.25, 0.3) is 0 Å². The van der Waals surface area contributed by atoms with E-state index in [-0.39, 0.29) is 34.6 Å². The predicted molar refractivity (Wildman–Crippen MR) is 139 cm³/mol. The van der Waals surface area contributed by atoms with Crippen LogP contribution in [0.5, 0.6) is 0 Å². The van der Waals surface area contributed by atoms with Crippen LogP contribution < -0.4 is 0 Å². The molecule has 2 saturated carbocycles. The molecule has 1 saturated heterocycles. The lowest BCUT2D eigenvalue weighted by Gasteiger charge is -2.46. The number of carbonyl (C=O) groups excluding carboxylic acids is 1. The SMILES string of the molecule is CC(C)(C)OC(=O)N1CCCC(c2nccc([C@@]34CC5[C@@H](c6cc(-c7c(F)cccc7F)nnc63)C54C)n2)C1. The zero-order valence-corrected chi connectivity index (χ0v) is 22.5. The molecule has 3 heterocycles. The van der Waals surface area contributed by atoms with Crippen LogP contribution in [0.1, 0.15) is 81.6 Å². The number of ether oxygens (including phenoxy) is 1. The molecule has 5 atom stereocenters. The fraction of sp³-hybridized carbons (Fsp3) is 0.500. The summed E-state index contributed by atoms with van der Waals surface area (Å²) >= 11 is 0. The van der Waals surface area contributed by atoms with Crippen LogP contribution in [0.3, 0.4) is 0 Å². The van der Waals surface area contributed by atoms with Crippen LogP contribution in [0.25, 0.3) is 11.3 Å². The highest BCUT2D eigenvalue weighted by Crippen LogP contribution is 2.90. The average Bonchev–Trinajstić information content (AvgIpc) is 3.33. The van der Waals surface area contributed by atoms with E-state index in [1.54, 1.807) is 11.1 Å². The maximum atomic E-state index is 14.5. The molecule has 3 aromatic rings. The van der Waals surface area contributed by atoms with Gasteiger partial charge in [-0.15, -0.1) is 5.10 Å². The second kappa shape index (κ2) is 8.02. The van der Waals surface area contributed by atoms with Gasteiger partial charge in [0.1, 0.15) is 23.1 Å². The first-order chi connectivity index (χ1) is 18.5. The minimum absolute atomic E-state index is 0.0136. The number of nitrogens with zero attached hydrogens (tertiary/aromatic N) is 5. The summed E-state index contributed by atoms with van der Waals surface area (Å²) in [6.45, 7) is 9.05. The van der Waals surface area contributed by atoms with Gasteiger partial charge in [-0.2, -0.15) is 5.10 Å². The van der Waals surface area contributed by atoms with Crippen LogP contribution in [0.2, 0.25) is 0 Å². The summed E-state index contributed by atoms with van der Waals surface area (Å²) in [4.78, 5) is 24.2. The minimum Gasteiger partial charge on any atom is -0.444 e. The highest BCUT2D eigenvalue weighted by atomic mass is 19.1. The van der Waals surface area contributed by atoms with Crippen molar-refractivity contribution in [2.45, 2.75) is 69.8 Å². The Morgan fingerprint density at radius 2 is 1.92 bits per heavy atom. The van der Waals surface area contributed by atoms with Crippen LogP contribution in [-0.4, -0.2) is 49.8 Å². The van der Waals surface area contributed by atoms with Gasteiger partial charge in [0, 0.05) is 25.2 Å². The van der Waals surface area contributed by atoms with Crippen LogP contribution in [0.4, 0.5) is 13.6 Å². The van der Waals surface area contributed by atoms with E-state index < -0.39 is 22.7 Å². The fourth-order valence-corrected chi connectivity index (χ4v) is 7.65. The first-order valence-corrected chi connectivity index (χ1v) is 13.7. The summed E-state index contributed by atoms with van der Waals surface area (Å²) in [6.07, 6.45) is 4.18. The van der Waals surface area contributed by atoms with E-state index in [0.29, 0.717) is 19.0 Å². The molecule has 0 spiro atoms. The lowest BCUT2D eigenvalue weighted by molar-refractivity contribution is 0.0195. The molecule has 3 aliphatic carbocycles. The summed E-state index contributed by atoms with van der Waals surface area (Å²) in [7, 11) is 0. The van der Waals surface area contributed by atoms with Gasteiger partial charge in [0.05, 0.1) is 28.1 Å². The van der Waals surface area contributed by atoms with E-state index in [9.17, 15) is 13.6 Å². The van der Waals surface area contributed by atoms with Crippen molar-refractivity contribution in [2.24, 2.45) is 11.3 Å². The van der Waals surface area contributed by atoms with Gasteiger partial charge in [-0.25, -0.2) is 23.5 Å². The van der Waals surface area contributed by atoms with E-state index in [1.165, 1.54) is 18.2 Å². The molecule has 0 bridgehead atoms. The van der Waals surface area contributed by atoms with Crippen LogP contribution >= 0.6 is 0 Å². The summed E-state index contributed by atoms with van der Waals surface area (Å²) in [5.74, 6) is 0.212. The highest BCUT2D eigenvalue weighted by molar-refractivity contribution is 5.69. The quantitative estimate of drug-likeness (QED) is 0.428. The van der Waals surface area contributed by atoms with E-state index in [2.05, 4.69) is 22.1 Å². The van der Waals surface area contributed by atoms with Gasteiger partial charge in [0.2, 0.25) is 0 Å². The van der Waals surface area contributed by atoms with Crippen molar-refractivity contribution in [3.8, 4) is 11.3 Å². The first kappa shape index (κ1) is 24.5.